The van der Waals surface area contributed by atoms with Crippen LogP contribution in [0.3, 0.4) is 0 Å². The van der Waals surface area contributed by atoms with E-state index in [4.69, 9.17) is 33.2 Å². The molecule has 8 nitrogen and oxygen atoms in total. The summed E-state index contributed by atoms with van der Waals surface area (Å²) in [6, 6.07) is 13.9. The number of ether oxygens (including phenoxy) is 7. The van der Waals surface area contributed by atoms with Gasteiger partial charge in [-0.25, -0.2) is 0 Å². The van der Waals surface area contributed by atoms with Crippen molar-refractivity contribution >= 4 is 16.7 Å². The lowest BCUT2D eigenvalue weighted by Gasteiger charge is -2.09. The minimum atomic E-state index is -0.258. The molecule has 0 saturated heterocycles. The molecule has 0 aliphatic heterocycles. The second-order valence-corrected chi connectivity index (χ2v) is 7.09. The second-order valence-electron chi connectivity index (χ2n) is 7.09. The predicted molar refractivity (Wildman–Crippen MR) is 125 cm³/mol. The van der Waals surface area contributed by atoms with E-state index in [-0.39, 0.29) is 19.0 Å². The molecule has 0 radical (unpaired) electrons. The molecule has 0 fully saturated rings. The molecule has 0 aliphatic carbocycles. The standard InChI is InChI=1S/C25H36O8/c1-27-9-10-28-11-12-29-13-14-30-15-16-31-17-18-32-19-20-33-25(26)21-23-7-4-6-22-5-2-3-8-24(22)23/h2-8H,9-21H2,1H3. The van der Waals surface area contributed by atoms with Crippen molar-refractivity contribution in [3.8, 4) is 0 Å². The topological polar surface area (TPSA) is 81.7 Å². The molecule has 0 aromatic heterocycles. The van der Waals surface area contributed by atoms with E-state index < -0.39 is 0 Å². The molecule has 0 atom stereocenters. The van der Waals surface area contributed by atoms with Gasteiger partial charge in [-0.05, 0) is 16.3 Å². The molecule has 0 amide bonds. The van der Waals surface area contributed by atoms with E-state index in [9.17, 15) is 4.79 Å². The molecule has 2 rings (SSSR count). The summed E-state index contributed by atoms with van der Waals surface area (Å²) in [5, 5.41) is 2.19. The smallest absolute Gasteiger partial charge is 0.310 e. The molecule has 0 heterocycles. The minimum Gasteiger partial charge on any atom is -0.463 e. The fourth-order valence-electron chi connectivity index (χ4n) is 2.99. The number of hydrogen-bond acceptors (Lipinski definition) is 8. The Morgan fingerprint density at radius 1 is 0.606 bits per heavy atom. The van der Waals surface area contributed by atoms with Crippen molar-refractivity contribution in [3.63, 3.8) is 0 Å². The first-order valence-electron chi connectivity index (χ1n) is 11.3. The molecule has 0 aliphatic rings. The lowest BCUT2D eigenvalue weighted by molar-refractivity contribution is -0.144. The largest absolute Gasteiger partial charge is 0.463 e. The Labute approximate surface area is 196 Å². The highest BCUT2D eigenvalue weighted by Gasteiger charge is 2.08. The summed E-state index contributed by atoms with van der Waals surface area (Å²) in [5.41, 5.74) is 0.966. The van der Waals surface area contributed by atoms with Crippen LogP contribution < -0.4 is 0 Å². The van der Waals surface area contributed by atoms with Crippen LogP contribution >= 0.6 is 0 Å². The SMILES string of the molecule is COCCOCCOCCOCCOCCOCCOC(=O)Cc1cccc2ccccc12. The van der Waals surface area contributed by atoms with E-state index in [0.717, 1.165) is 16.3 Å². The van der Waals surface area contributed by atoms with Gasteiger partial charge >= 0.3 is 5.97 Å². The zero-order valence-electron chi connectivity index (χ0n) is 19.5. The quantitative estimate of drug-likeness (QED) is 0.219. The first kappa shape index (κ1) is 27.2. The van der Waals surface area contributed by atoms with Crippen LogP contribution in [0.4, 0.5) is 0 Å². The van der Waals surface area contributed by atoms with Crippen LogP contribution in [-0.2, 0) is 44.4 Å². The van der Waals surface area contributed by atoms with Gasteiger partial charge in [-0.2, -0.15) is 0 Å². The van der Waals surface area contributed by atoms with Crippen molar-refractivity contribution in [1.29, 1.82) is 0 Å². The fourth-order valence-corrected chi connectivity index (χ4v) is 2.99. The molecule has 2 aromatic rings. The van der Waals surface area contributed by atoms with E-state index in [1.54, 1.807) is 7.11 Å². The molecule has 184 valence electrons. The van der Waals surface area contributed by atoms with Gasteiger partial charge in [-0.15, -0.1) is 0 Å². The molecule has 8 heteroatoms. The highest BCUT2D eigenvalue weighted by Crippen LogP contribution is 2.19. The van der Waals surface area contributed by atoms with Crippen LogP contribution in [0.2, 0.25) is 0 Å². The van der Waals surface area contributed by atoms with Gasteiger partial charge in [-0.1, -0.05) is 42.5 Å². The maximum Gasteiger partial charge on any atom is 0.310 e. The third-order valence-electron chi connectivity index (χ3n) is 4.63. The number of methoxy groups -OCH3 is 1. The lowest BCUT2D eigenvalue weighted by atomic mass is 10.0. The maximum atomic E-state index is 12.1. The fraction of sp³-hybridized carbons (Fsp3) is 0.560. The number of fused-ring (bicyclic) bond motifs is 1. The maximum absolute atomic E-state index is 12.1. The van der Waals surface area contributed by atoms with Crippen molar-refractivity contribution < 1.29 is 38.0 Å². The first-order valence-corrected chi connectivity index (χ1v) is 11.3. The third-order valence-corrected chi connectivity index (χ3v) is 4.63. The average Bonchev–Trinajstić information content (AvgIpc) is 2.83. The number of rotatable bonds is 20. The molecule has 0 N–H and O–H groups in total. The molecular weight excluding hydrogens is 428 g/mol. The average molecular weight is 465 g/mol. The van der Waals surface area contributed by atoms with Crippen LogP contribution in [0.25, 0.3) is 10.8 Å². The van der Waals surface area contributed by atoms with Crippen molar-refractivity contribution in [2.24, 2.45) is 0 Å². The monoisotopic (exact) mass is 464 g/mol. The molecule has 0 bridgehead atoms. The zero-order chi connectivity index (χ0) is 23.4. The van der Waals surface area contributed by atoms with Gasteiger partial charge in [0, 0.05) is 7.11 Å². The van der Waals surface area contributed by atoms with Crippen molar-refractivity contribution in [2.75, 3.05) is 86.4 Å². The Kier molecular flexibility index (Phi) is 15.1. The summed E-state index contributed by atoms with van der Waals surface area (Å²) < 4.78 is 37.1. The molecule has 2 aromatic carbocycles. The van der Waals surface area contributed by atoms with Crippen LogP contribution in [-0.4, -0.2) is 92.4 Å². The van der Waals surface area contributed by atoms with Gasteiger partial charge in [0.25, 0.3) is 0 Å². The highest BCUT2D eigenvalue weighted by molar-refractivity contribution is 5.88. The number of esters is 1. The zero-order valence-corrected chi connectivity index (χ0v) is 19.5. The normalized spacial score (nSPS) is 11.2. The molecule has 0 unspecified atom stereocenters. The number of carbonyl (C=O) groups is 1. The Bertz CT molecular complexity index is 762. The third kappa shape index (κ3) is 12.7. The summed E-state index contributed by atoms with van der Waals surface area (Å²) in [4.78, 5) is 12.1. The molecule has 33 heavy (non-hydrogen) atoms. The summed E-state index contributed by atoms with van der Waals surface area (Å²) >= 11 is 0. The van der Waals surface area contributed by atoms with Gasteiger partial charge in [0.1, 0.15) is 6.61 Å². The van der Waals surface area contributed by atoms with Gasteiger partial charge in [-0.3, -0.25) is 4.79 Å². The number of benzene rings is 2. The van der Waals surface area contributed by atoms with Crippen LogP contribution in [0.5, 0.6) is 0 Å². The Hall–Kier alpha value is -2.07. The number of carbonyl (C=O) groups excluding carboxylic acids is 1. The van der Waals surface area contributed by atoms with Crippen molar-refractivity contribution in [3.05, 3.63) is 48.0 Å². The van der Waals surface area contributed by atoms with E-state index in [1.165, 1.54) is 0 Å². The summed E-state index contributed by atoms with van der Waals surface area (Å²) in [7, 11) is 1.64. The lowest BCUT2D eigenvalue weighted by Crippen LogP contribution is -2.15. The number of hydrogen-bond donors (Lipinski definition) is 0. The van der Waals surface area contributed by atoms with E-state index in [1.807, 2.05) is 42.5 Å². The van der Waals surface area contributed by atoms with Crippen LogP contribution in [0, 0.1) is 0 Å². The van der Waals surface area contributed by atoms with Crippen molar-refractivity contribution in [1.82, 2.24) is 0 Å². The highest BCUT2D eigenvalue weighted by atomic mass is 16.6. The molecule has 0 saturated carbocycles. The van der Waals surface area contributed by atoms with E-state index in [0.29, 0.717) is 72.7 Å². The Balaban J connectivity index is 1.35. The van der Waals surface area contributed by atoms with Crippen LogP contribution in [0.1, 0.15) is 5.56 Å². The predicted octanol–water partition coefficient (Wildman–Crippen LogP) is 2.65. The van der Waals surface area contributed by atoms with Gasteiger partial charge in [0.05, 0.1) is 79.1 Å². The Morgan fingerprint density at radius 3 is 1.67 bits per heavy atom. The molecular formula is C25H36O8. The van der Waals surface area contributed by atoms with Crippen molar-refractivity contribution in [2.45, 2.75) is 6.42 Å². The van der Waals surface area contributed by atoms with E-state index >= 15 is 0 Å². The summed E-state index contributed by atoms with van der Waals surface area (Å²) in [6.07, 6.45) is 0.248. The molecule has 0 spiro atoms. The van der Waals surface area contributed by atoms with E-state index in [2.05, 4.69) is 0 Å². The summed E-state index contributed by atoms with van der Waals surface area (Å²) in [6.45, 7) is 5.76. The van der Waals surface area contributed by atoms with Crippen LogP contribution in [0.15, 0.2) is 42.5 Å². The Morgan fingerprint density at radius 2 is 1.09 bits per heavy atom. The minimum absolute atomic E-state index is 0.226. The second kappa shape index (κ2) is 18.4. The van der Waals surface area contributed by atoms with Gasteiger partial charge in [0.2, 0.25) is 0 Å². The first-order chi connectivity index (χ1) is 16.3. The van der Waals surface area contributed by atoms with Gasteiger partial charge < -0.3 is 33.2 Å². The summed E-state index contributed by atoms with van der Waals surface area (Å²) in [5.74, 6) is -0.258. The van der Waals surface area contributed by atoms with Gasteiger partial charge in [0.15, 0.2) is 0 Å².